The normalized spacial score (nSPS) is 24.5. The maximum Gasteiger partial charge on any atom is 0.0992 e. The zero-order valence-electron chi connectivity index (χ0n) is 11.0. The summed E-state index contributed by atoms with van der Waals surface area (Å²) >= 11 is 0. The van der Waals surface area contributed by atoms with Crippen molar-refractivity contribution in [2.24, 2.45) is 0 Å². The fraction of sp³-hybridized carbons (Fsp3) is 0.500. The van der Waals surface area contributed by atoms with E-state index in [2.05, 4.69) is 30.3 Å². The molecule has 4 heteroatoms. The van der Waals surface area contributed by atoms with Crippen LogP contribution in [0.15, 0.2) is 18.2 Å². The summed E-state index contributed by atoms with van der Waals surface area (Å²) in [4.78, 5) is 2.38. The Morgan fingerprint density at radius 3 is 2.89 bits per heavy atom. The van der Waals surface area contributed by atoms with E-state index in [4.69, 9.17) is 11.0 Å². The van der Waals surface area contributed by atoms with Gasteiger partial charge in [0.2, 0.25) is 0 Å². The van der Waals surface area contributed by atoms with Crippen LogP contribution in [0.3, 0.4) is 0 Å². The summed E-state index contributed by atoms with van der Waals surface area (Å²) in [6.07, 6.45) is 2.25. The smallest absolute Gasteiger partial charge is 0.0992 e. The number of nitrogen functional groups attached to an aromatic ring is 1. The molecule has 18 heavy (non-hydrogen) atoms. The van der Waals surface area contributed by atoms with E-state index in [1.807, 2.05) is 6.07 Å². The molecule has 2 rings (SSSR count). The number of anilines is 2. The third-order valence-electron chi connectivity index (χ3n) is 3.75. The molecule has 96 valence electrons. The minimum atomic E-state index is 0.464. The van der Waals surface area contributed by atoms with Crippen LogP contribution in [0.5, 0.6) is 0 Å². The van der Waals surface area contributed by atoms with Crippen LogP contribution in [0.4, 0.5) is 11.4 Å². The minimum Gasteiger partial charge on any atom is -0.397 e. The first-order valence-electron chi connectivity index (χ1n) is 6.36. The number of rotatable bonds is 2. The van der Waals surface area contributed by atoms with Gasteiger partial charge in [0.1, 0.15) is 0 Å². The van der Waals surface area contributed by atoms with Crippen LogP contribution < -0.4 is 11.1 Å². The van der Waals surface area contributed by atoms with Crippen LogP contribution in [0, 0.1) is 11.3 Å². The molecule has 2 atom stereocenters. The summed E-state index contributed by atoms with van der Waals surface area (Å²) in [5, 5.41) is 12.3. The molecule has 0 bridgehead atoms. The Labute approximate surface area is 108 Å². The van der Waals surface area contributed by atoms with Gasteiger partial charge in [0.15, 0.2) is 0 Å². The maximum absolute atomic E-state index is 8.81. The van der Waals surface area contributed by atoms with Crippen molar-refractivity contribution in [2.45, 2.75) is 31.8 Å². The van der Waals surface area contributed by atoms with Gasteiger partial charge in [0, 0.05) is 18.6 Å². The molecule has 1 aliphatic rings. The van der Waals surface area contributed by atoms with Crippen molar-refractivity contribution in [3.8, 4) is 6.07 Å². The fourth-order valence-electron chi connectivity index (χ4n) is 2.40. The van der Waals surface area contributed by atoms with Crippen LogP contribution in [0.25, 0.3) is 0 Å². The fourth-order valence-corrected chi connectivity index (χ4v) is 2.40. The van der Waals surface area contributed by atoms with E-state index >= 15 is 0 Å². The standard InChI is InChI=1S/C14H20N4/c1-10-7-12(5-6-18(10)2)17-14-4-3-11(9-15)8-13(14)16/h3-4,8,10,12,17H,5-7,16H2,1-2H3. The molecule has 1 saturated heterocycles. The zero-order valence-corrected chi connectivity index (χ0v) is 11.0. The highest BCUT2D eigenvalue weighted by atomic mass is 15.1. The Hall–Kier alpha value is -1.73. The van der Waals surface area contributed by atoms with Crippen molar-refractivity contribution < 1.29 is 0 Å². The van der Waals surface area contributed by atoms with Crippen LogP contribution in [0.1, 0.15) is 25.3 Å². The molecule has 0 spiro atoms. The number of nitriles is 1. The summed E-state index contributed by atoms with van der Waals surface area (Å²) in [5.74, 6) is 0. The highest BCUT2D eigenvalue weighted by Crippen LogP contribution is 2.24. The maximum atomic E-state index is 8.81. The van der Waals surface area contributed by atoms with Crippen LogP contribution in [-0.2, 0) is 0 Å². The highest BCUT2D eigenvalue weighted by molar-refractivity contribution is 5.68. The van der Waals surface area contributed by atoms with Gasteiger partial charge in [-0.2, -0.15) is 5.26 Å². The monoisotopic (exact) mass is 244 g/mol. The van der Waals surface area contributed by atoms with Crippen molar-refractivity contribution in [2.75, 3.05) is 24.6 Å². The average Bonchev–Trinajstić information content (AvgIpc) is 2.36. The predicted molar refractivity (Wildman–Crippen MR) is 74.3 cm³/mol. The van der Waals surface area contributed by atoms with E-state index in [9.17, 15) is 0 Å². The van der Waals surface area contributed by atoms with Crippen LogP contribution in [0.2, 0.25) is 0 Å². The van der Waals surface area contributed by atoms with E-state index in [0.717, 1.165) is 25.1 Å². The Balaban J connectivity index is 2.04. The number of nitrogens with one attached hydrogen (secondary N) is 1. The lowest BCUT2D eigenvalue weighted by molar-refractivity contribution is 0.190. The van der Waals surface area contributed by atoms with Gasteiger partial charge in [-0.15, -0.1) is 0 Å². The molecule has 0 aromatic heterocycles. The van der Waals surface area contributed by atoms with E-state index < -0.39 is 0 Å². The van der Waals surface area contributed by atoms with Gasteiger partial charge >= 0.3 is 0 Å². The van der Waals surface area contributed by atoms with Gasteiger partial charge in [-0.25, -0.2) is 0 Å². The Morgan fingerprint density at radius 2 is 2.28 bits per heavy atom. The summed E-state index contributed by atoms with van der Waals surface area (Å²) in [6, 6.07) is 8.58. The number of benzene rings is 1. The van der Waals surface area contributed by atoms with Gasteiger partial charge in [-0.3, -0.25) is 0 Å². The number of hydrogen-bond acceptors (Lipinski definition) is 4. The molecular weight excluding hydrogens is 224 g/mol. The molecule has 0 aliphatic carbocycles. The second-order valence-corrected chi connectivity index (χ2v) is 5.11. The zero-order chi connectivity index (χ0) is 13.1. The summed E-state index contributed by atoms with van der Waals surface area (Å²) in [6.45, 7) is 3.35. The topological polar surface area (TPSA) is 65.1 Å². The van der Waals surface area contributed by atoms with Gasteiger partial charge in [-0.05, 0) is 45.0 Å². The van der Waals surface area contributed by atoms with Crippen molar-refractivity contribution >= 4 is 11.4 Å². The Kier molecular flexibility index (Phi) is 3.73. The number of likely N-dealkylation sites (tertiary alicyclic amines) is 1. The van der Waals surface area contributed by atoms with Crippen molar-refractivity contribution in [3.05, 3.63) is 23.8 Å². The quantitative estimate of drug-likeness (QED) is 0.781. The lowest BCUT2D eigenvalue weighted by Gasteiger charge is -2.36. The summed E-state index contributed by atoms with van der Waals surface area (Å²) < 4.78 is 0. The lowest BCUT2D eigenvalue weighted by Crippen LogP contribution is -2.42. The first-order chi connectivity index (χ1) is 8.60. The SMILES string of the molecule is CC1CC(Nc2ccc(C#N)cc2N)CCN1C. The summed E-state index contributed by atoms with van der Waals surface area (Å²) in [5.41, 5.74) is 8.15. The third kappa shape index (κ3) is 2.74. The molecule has 4 nitrogen and oxygen atoms in total. The van der Waals surface area contributed by atoms with E-state index in [-0.39, 0.29) is 0 Å². The van der Waals surface area contributed by atoms with Crippen molar-refractivity contribution in [1.82, 2.24) is 4.90 Å². The average molecular weight is 244 g/mol. The minimum absolute atomic E-state index is 0.464. The van der Waals surface area contributed by atoms with E-state index in [1.165, 1.54) is 0 Å². The molecular formula is C14H20N4. The molecule has 3 N–H and O–H groups in total. The van der Waals surface area contributed by atoms with Crippen molar-refractivity contribution in [3.63, 3.8) is 0 Å². The van der Waals surface area contributed by atoms with Crippen LogP contribution >= 0.6 is 0 Å². The number of nitrogens with zero attached hydrogens (tertiary/aromatic N) is 2. The number of nitrogens with two attached hydrogens (primary N) is 1. The first kappa shape index (κ1) is 12.7. The third-order valence-corrected chi connectivity index (χ3v) is 3.75. The molecule has 1 aliphatic heterocycles. The van der Waals surface area contributed by atoms with Gasteiger partial charge in [-0.1, -0.05) is 0 Å². The Bertz CT molecular complexity index is 463. The molecule has 1 heterocycles. The van der Waals surface area contributed by atoms with Gasteiger partial charge in [0.25, 0.3) is 0 Å². The number of hydrogen-bond donors (Lipinski definition) is 2. The van der Waals surface area contributed by atoms with Gasteiger partial charge < -0.3 is 16.0 Å². The predicted octanol–water partition coefficient (Wildman–Crippen LogP) is 2.04. The molecule has 1 aromatic carbocycles. The molecule has 0 saturated carbocycles. The second kappa shape index (κ2) is 5.28. The summed E-state index contributed by atoms with van der Waals surface area (Å²) in [7, 11) is 2.16. The van der Waals surface area contributed by atoms with E-state index in [0.29, 0.717) is 23.3 Å². The lowest BCUT2D eigenvalue weighted by atomic mass is 9.98. The molecule has 0 radical (unpaired) electrons. The second-order valence-electron chi connectivity index (χ2n) is 5.11. The van der Waals surface area contributed by atoms with Gasteiger partial charge in [0.05, 0.1) is 23.0 Å². The molecule has 1 fully saturated rings. The first-order valence-corrected chi connectivity index (χ1v) is 6.36. The van der Waals surface area contributed by atoms with E-state index in [1.54, 1.807) is 12.1 Å². The Morgan fingerprint density at radius 1 is 1.50 bits per heavy atom. The van der Waals surface area contributed by atoms with Crippen molar-refractivity contribution in [1.29, 1.82) is 5.26 Å². The highest BCUT2D eigenvalue weighted by Gasteiger charge is 2.22. The largest absolute Gasteiger partial charge is 0.397 e. The molecule has 2 unspecified atom stereocenters. The number of piperidine rings is 1. The molecule has 0 amide bonds. The molecule has 1 aromatic rings. The van der Waals surface area contributed by atoms with Crippen LogP contribution in [-0.4, -0.2) is 30.6 Å².